The lowest BCUT2D eigenvalue weighted by Crippen LogP contribution is -2.39. The zero-order valence-electron chi connectivity index (χ0n) is 71.5. The highest BCUT2D eigenvalue weighted by molar-refractivity contribution is 5.96. The Labute approximate surface area is 751 Å². The maximum absolute atomic E-state index is 12.7. The standard InChI is InChI=1S/C27H20F3N5O2.C25H25N5O3.C24H25N5O3.C23H21N5O2/c28-27(29,30)20-5-1-17(2-6-20)16-33-26(37)18-3-7-21(8-4-18)34-22-9-10-23(35-14-13-32-25(22)35)19-11-12-31-24(36)15-19;31-16-24(33)29-12-8-18(9-13-29)17-1-3-20(4-2-17)28-21-5-6-22(30-14-11-27-25(21)30)19-7-10-26-23(32)15-19;1-3-18(15-32-2)28-24(31)16-4-6-19(7-5-16)27-20-8-9-21(29-13-12-26-23(20)29)17-10-11-25-22(30)14-17;29-21-13-17(9-10-24-21)20-8-7-19(22-25-11-12-28(20)22)27-18-5-3-16(4-6-18)23(30)26-14-15-1-2-15/h1-15,34H,16H2,(H,31,36)(H,33,37);1-7,10-11,14-15,18,28,31H,8-9,12-13,16H2,(H,26,32);4-14,18,27H,3,15H2,1-2H3,(H,25,30)(H,28,31);3-13,15,27H,1-2,14H2,(H,24,29)(H,26,30). The molecule has 33 heteroatoms. The minimum Gasteiger partial charge on any atom is -0.387 e. The number of pyridine rings is 8. The maximum atomic E-state index is 12.7. The fourth-order valence-electron chi connectivity index (χ4n) is 15.4. The summed E-state index contributed by atoms with van der Waals surface area (Å²) < 4.78 is 50.9. The fraction of sp³-hybridized carbons (Fsp3) is 0.172. The van der Waals surface area contributed by atoms with Crippen molar-refractivity contribution in [1.82, 2.24) is 78.3 Å². The van der Waals surface area contributed by atoms with E-state index in [2.05, 4.69) is 101 Å². The predicted molar refractivity (Wildman–Crippen MR) is 501 cm³/mol. The lowest BCUT2D eigenvalue weighted by atomic mass is 9.89. The van der Waals surface area contributed by atoms with Crippen molar-refractivity contribution in [2.45, 2.75) is 63.7 Å². The number of aromatic amines is 4. The summed E-state index contributed by atoms with van der Waals surface area (Å²) in [5.74, 6) is 0.371. The Kier molecular flexibility index (Phi) is 27.3. The van der Waals surface area contributed by atoms with Crippen LogP contribution < -0.4 is 59.5 Å². The van der Waals surface area contributed by atoms with Gasteiger partial charge in [0.25, 0.3) is 17.7 Å². The van der Waals surface area contributed by atoms with Crippen molar-refractivity contribution in [1.29, 1.82) is 0 Å². The number of carbonyl (C=O) groups excluding carboxylic acids is 4. The van der Waals surface area contributed by atoms with Crippen molar-refractivity contribution >= 4 is 91.7 Å². The highest BCUT2D eigenvalue weighted by Crippen LogP contribution is 2.36. The second-order valence-corrected chi connectivity index (χ2v) is 31.5. The number of alkyl halides is 3. The van der Waals surface area contributed by atoms with Crippen molar-refractivity contribution in [3.8, 4) is 45.0 Å². The molecule has 1 saturated heterocycles. The number of methoxy groups -OCH3 is 1. The monoisotopic (exact) mass is 1780 g/mol. The van der Waals surface area contributed by atoms with Crippen LogP contribution in [0.2, 0.25) is 0 Å². The number of aromatic nitrogens is 12. The Morgan fingerprint density at radius 3 is 1.12 bits per heavy atom. The Hall–Kier alpha value is -16.6. The first-order valence-corrected chi connectivity index (χ1v) is 42.7. The number of amides is 4. The molecule has 5 aromatic carbocycles. The van der Waals surface area contributed by atoms with Gasteiger partial charge in [0.05, 0.1) is 63.7 Å². The number of nitrogens with zero attached hydrogens (tertiary/aromatic N) is 9. The summed E-state index contributed by atoms with van der Waals surface area (Å²) in [5, 5.41) is 31.2. The van der Waals surface area contributed by atoms with E-state index in [4.69, 9.17) is 9.84 Å². The van der Waals surface area contributed by atoms with Crippen molar-refractivity contribution in [3.63, 3.8) is 0 Å². The van der Waals surface area contributed by atoms with E-state index in [1.54, 1.807) is 122 Å². The molecule has 19 rings (SSSR count). The molecule has 30 nitrogen and oxygen atoms in total. The summed E-state index contributed by atoms with van der Waals surface area (Å²) in [6, 6.07) is 63.6. The minimum atomic E-state index is -4.40. The second kappa shape index (κ2) is 40.6. The third-order valence-electron chi connectivity index (χ3n) is 22.6. The molecule has 1 unspecified atom stereocenters. The molecular formula is C99H91F3N20O10. The zero-order chi connectivity index (χ0) is 91.8. The van der Waals surface area contributed by atoms with Crippen LogP contribution in [0.15, 0.2) is 312 Å². The molecule has 4 amide bonds. The van der Waals surface area contributed by atoms with Gasteiger partial charge in [0.1, 0.15) is 6.61 Å². The topological polar surface area (TPSA) is 386 Å². The Balaban J connectivity index is 0.000000129. The van der Waals surface area contributed by atoms with Crippen LogP contribution in [-0.2, 0) is 22.3 Å². The number of nitrogens with one attached hydrogen (secondary N) is 11. The summed E-state index contributed by atoms with van der Waals surface area (Å²) in [6.45, 7) is 4.30. The van der Waals surface area contributed by atoms with Crippen LogP contribution in [0, 0.1) is 5.92 Å². The third-order valence-corrected chi connectivity index (χ3v) is 22.6. The zero-order valence-corrected chi connectivity index (χ0v) is 71.5. The van der Waals surface area contributed by atoms with E-state index >= 15 is 0 Å². The largest absolute Gasteiger partial charge is 0.416 e. The van der Waals surface area contributed by atoms with E-state index in [0.717, 1.165) is 145 Å². The van der Waals surface area contributed by atoms with Gasteiger partial charge < -0.3 is 71.9 Å². The van der Waals surface area contributed by atoms with Crippen molar-refractivity contribution in [3.05, 3.63) is 368 Å². The molecule has 2 aliphatic rings. The molecule has 0 bridgehead atoms. The number of ether oxygens (including phenoxy) is 1. The quantitative estimate of drug-likeness (QED) is 0.0253. The summed E-state index contributed by atoms with van der Waals surface area (Å²) in [6.07, 6.45) is 21.4. The molecule has 1 atom stereocenters. The van der Waals surface area contributed by atoms with Crippen molar-refractivity contribution < 1.29 is 42.2 Å². The lowest BCUT2D eigenvalue weighted by Gasteiger charge is -2.32. The van der Waals surface area contributed by atoms with Gasteiger partial charge in [0.15, 0.2) is 22.6 Å². The van der Waals surface area contributed by atoms with Gasteiger partial charge in [-0.15, -0.1) is 0 Å². The van der Waals surface area contributed by atoms with Crippen LogP contribution in [0.4, 0.5) is 58.7 Å². The van der Waals surface area contributed by atoms with Gasteiger partial charge in [-0.3, -0.25) is 56.0 Å². The van der Waals surface area contributed by atoms with E-state index in [9.17, 15) is 51.5 Å². The summed E-state index contributed by atoms with van der Waals surface area (Å²) in [4.78, 5) is 126. The number of fused-ring (bicyclic) bond motifs is 4. The van der Waals surface area contributed by atoms with Crippen LogP contribution >= 0.6 is 0 Å². The smallest absolute Gasteiger partial charge is 0.387 e. The number of hydrogen-bond donors (Lipinski definition) is 12. The number of likely N-dealkylation sites (tertiary alicyclic amines) is 1. The number of piperidine rings is 1. The second-order valence-electron chi connectivity index (χ2n) is 31.5. The normalized spacial score (nSPS) is 12.8. The van der Waals surface area contributed by atoms with Gasteiger partial charge >= 0.3 is 6.18 Å². The van der Waals surface area contributed by atoms with Gasteiger partial charge in [0.2, 0.25) is 28.1 Å². The van der Waals surface area contributed by atoms with Crippen LogP contribution in [0.3, 0.4) is 0 Å². The van der Waals surface area contributed by atoms with Crippen LogP contribution in [0.5, 0.6) is 0 Å². The molecule has 0 radical (unpaired) electrons. The highest BCUT2D eigenvalue weighted by Gasteiger charge is 2.31. The number of rotatable bonds is 25. The molecular weight excluding hydrogens is 1690 g/mol. The fourth-order valence-corrected chi connectivity index (χ4v) is 15.4. The average molecular weight is 1780 g/mol. The maximum Gasteiger partial charge on any atom is 0.416 e. The number of benzene rings is 5. The summed E-state index contributed by atoms with van der Waals surface area (Å²) in [7, 11) is 1.62. The van der Waals surface area contributed by atoms with Crippen molar-refractivity contribution in [2.24, 2.45) is 5.92 Å². The highest BCUT2D eigenvalue weighted by atomic mass is 19.4. The third kappa shape index (κ3) is 21.6. The van der Waals surface area contributed by atoms with E-state index < -0.39 is 18.3 Å². The molecule has 12 N–H and O–H groups in total. The lowest BCUT2D eigenvalue weighted by molar-refractivity contribution is -0.137. The van der Waals surface area contributed by atoms with Crippen LogP contribution in [0.25, 0.3) is 67.6 Å². The SMILES string of the molecule is CCC(COC)NC(=O)c1ccc(Nc2ccc(-c3cc[nH]c(=O)c3)n3ccnc23)cc1.O=C(CO)N1CCC(c2ccc(Nc3ccc(-c4cc[nH]c(=O)c4)n4ccnc34)cc2)CC1.O=C(NCC1CC1)c1ccc(Nc2ccc(-c3cc[nH]c(=O)c3)n3ccnc23)cc1.O=C(NCc1ccc(C(F)(F)F)cc1)c1ccc(Nc2ccc(-c3cc[nH]c(=O)c3)n3ccnc23)cc1. The number of imidazole rings is 4. The van der Waals surface area contributed by atoms with Crippen molar-refractivity contribution in [2.75, 3.05) is 61.2 Å². The van der Waals surface area contributed by atoms with Gasteiger partial charge in [0, 0.05) is 194 Å². The number of hydrogen-bond acceptors (Lipinski definition) is 18. The molecule has 0 spiro atoms. The Morgan fingerprint density at radius 1 is 0.447 bits per heavy atom. The van der Waals surface area contributed by atoms with Crippen LogP contribution in [0.1, 0.15) is 92.7 Å². The summed E-state index contributed by atoms with van der Waals surface area (Å²) in [5.41, 5.74) is 18.3. The number of carbonyl (C=O) groups is 4. The summed E-state index contributed by atoms with van der Waals surface area (Å²) >= 11 is 0. The minimum absolute atomic E-state index is 0.0160. The van der Waals surface area contributed by atoms with Gasteiger partial charge in [-0.05, 0) is 225 Å². The molecule has 1 aliphatic carbocycles. The first-order valence-electron chi connectivity index (χ1n) is 42.7. The molecule has 668 valence electrons. The van der Waals surface area contributed by atoms with Gasteiger partial charge in [-0.1, -0.05) is 31.2 Å². The number of aliphatic hydroxyl groups is 1. The number of H-pyrrole nitrogens is 4. The van der Waals surface area contributed by atoms with E-state index in [1.165, 1.54) is 36.6 Å². The van der Waals surface area contributed by atoms with E-state index in [0.29, 0.717) is 59.4 Å². The molecule has 12 aromatic heterocycles. The van der Waals surface area contributed by atoms with E-state index in [1.807, 2.05) is 152 Å². The number of anilines is 8. The number of aliphatic hydroxyl groups excluding tert-OH is 1. The Morgan fingerprint density at radius 2 is 0.795 bits per heavy atom. The van der Waals surface area contributed by atoms with Crippen LogP contribution in [-0.4, -0.2) is 137 Å². The molecule has 1 aliphatic heterocycles. The Bertz CT molecular complexity index is 7220. The molecule has 132 heavy (non-hydrogen) atoms. The first-order chi connectivity index (χ1) is 64.1. The molecule has 1 saturated carbocycles. The number of halogens is 3. The van der Waals surface area contributed by atoms with Gasteiger partial charge in [-0.2, -0.15) is 13.2 Å². The molecule has 13 heterocycles. The molecule has 2 fully saturated rings. The van der Waals surface area contributed by atoms with Gasteiger partial charge in [-0.25, -0.2) is 19.9 Å². The van der Waals surface area contributed by atoms with E-state index in [-0.39, 0.29) is 58.5 Å². The molecule has 17 aromatic rings. The first kappa shape index (κ1) is 88.9. The average Bonchev–Trinajstić information content (AvgIpc) is 1.52. The predicted octanol–water partition coefficient (Wildman–Crippen LogP) is 15.7.